The number of hydrogen-bond acceptors (Lipinski definition) is 5. The van der Waals surface area contributed by atoms with Crippen LogP contribution in [0.15, 0.2) is 33.9 Å². The lowest BCUT2D eigenvalue weighted by Crippen LogP contribution is -2.51. The number of aromatic nitrogens is 2. The number of carbonyl (C=O) groups is 1. The molecule has 0 saturated carbocycles. The van der Waals surface area contributed by atoms with E-state index in [2.05, 4.69) is 9.82 Å². The van der Waals surface area contributed by atoms with E-state index in [0.29, 0.717) is 12.2 Å². The van der Waals surface area contributed by atoms with E-state index in [4.69, 9.17) is 4.42 Å². The molecule has 9 heteroatoms. The fourth-order valence-electron chi connectivity index (χ4n) is 3.05. The Labute approximate surface area is 140 Å². The summed E-state index contributed by atoms with van der Waals surface area (Å²) in [5.74, 6) is 0.500. The summed E-state index contributed by atoms with van der Waals surface area (Å²) < 4.78 is 34.7. The molecule has 8 nitrogen and oxygen atoms in total. The summed E-state index contributed by atoms with van der Waals surface area (Å²) in [6.07, 6.45) is 2.33. The first-order valence-electron chi connectivity index (χ1n) is 7.62. The van der Waals surface area contributed by atoms with Crippen molar-refractivity contribution in [2.24, 2.45) is 7.05 Å². The third kappa shape index (κ3) is 2.96. The van der Waals surface area contributed by atoms with Crippen LogP contribution in [0.25, 0.3) is 0 Å². The van der Waals surface area contributed by atoms with Crippen molar-refractivity contribution in [2.45, 2.75) is 36.9 Å². The van der Waals surface area contributed by atoms with E-state index in [-0.39, 0.29) is 17.4 Å². The van der Waals surface area contributed by atoms with Gasteiger partial charge in [-0.3, -0.25) is 9.48 Å². The molecular weight excluding hydrogens is 332 g/mol. The normalized spacial score (nSPS) is 22.1. The van der Waals surface area contributed by atoms with Crippen LogP contribution in [0.5, 0.6) is 0 Å². The van der Waals surface area contributed by atoms with Crippen molar-refractivity contribution < 1.29 is 17.6 Å². The summed E-state index contributed by atoms with van der Waals surface area (Å²) in [7, 11) is -0.355. The van der Waals surface area contributed by atoms with Gasteiger partial charge >= 0.3 is 0 Å². The van der Waals surface area contributed by atoms with Crippen LogP contribution in [0.3, 0.4) is 0 Å². The summed E-state index contributed by atoms with van der Waals surface area (Å²) in [6.45, 7) is 1.69. The molecule has 0 bridgehead atoms. The smallest absolute Gasteiger partial charge is 0.274 e. The van der Waals surface area contributed by atoms with Crippen LogP contribution in [-0.4, -0.2) is 42.1 Å². The molecule has 0 spiro atoms. The quantitative estimate of drug-likeness (QED) is 0.884. The zero-order valence-electron chi connectivity index (χ0n) is 13.8. The molecule has 1 aliphatic heterocycles. The highest BCUT2D eigenvalue weighted by Crippen LogP contribution is 2.31. The number of amides is 1. The number of likely N-dealkylation sites (tertiary alicyclic amines) is 1. The number of piperidine rings is 1. The van der Waals surface area contributed by atoms with Crippen molar-refractivity contribution in [2.75, 3.05) is 7.05 Å². The van der Waals surface area contributed by atoms with Gasteiger partial charge in [0.1, 0.15) is 5.76 Å². The van der Waals surface area contributed by atoms with Crippen molar-refractivity contribution in [3.05, 3.63) is 35.9 Å². The van der Waals surface area contributed by atoms with Crippen molar-refractivity contribution in [3.63, 3.8) is 0 Å². The summed E-state index contributed by atoms with van der Waals surface area (Å²) >= 11 is 0. The maximum atomic E-state index is 12.6. The summed E-state index contributed by atoms with van der Waals surface area (Å²) in [5, 5.41) is 4.00. The average Bonchev–Trinajstić information content (AvgIpc) is 3.12. The first-order valence-corrected chi connectivity index (χ1v) is 9.10. The Hall–Kier alpha value is -2.13. The lowest BCUT2D eigenvalue weighted by Gasteiger charge is -2.38. The molecule has 1 fully saturated rings. The van der Waals surface area contributed by atoms with Gasteiger partial charge in [-0.25, -0.2) is 13.1 Å². The maximum Gasteiger partial charge on any atom is 0.274 e. The second-order valence-electron chi connectivity index (χ2n) is 5.96. The van der Waals surface area contributed by atoms with Crippen molar-refractivity contribution in [1.82, 2.24) is 19.4 Å². The second kappa shape index (κ2) is 6.06. The van der Waals surface area contributed by atoms with Gasteiger partial charge in [-0.15, -0.1) is 0 Å². The third-order valence-corrected chi connectivity index (χ3v) is 5.67. The molecule has 0 radical (unpaired) electrons. The van der Waals surface area contributed by atoms with Gasteiger partial charge < -0.3 is 9.32 Å². The van der Waals surface area contributed by atoms with Gasteiger partial charge in [-0.2, -0.15) is 5.10 Å². The largest absolute Gasteiger partial charge is 0.449 e. The van der Waals surface area contributed by atoms with Gasteiger partial charge in [0.25, 0.3) is 10.0 Å². The first kappa shape index (κ1) is 16.7. The van der Waals surface area contributed by atoms with E-state index in [1.807, 2.05) is 0 Å². The number of aryl methyl sites for hydroxylation is 2. The van der Waals surface area contributed by atoms with Gasteiger partial charge in [0, 0.05) is 32.8 Å². The monoisotopic (exact) mass is 352 g/mol. The predicted molar refractivity (Wildman–Crippen MR) is 85.5 cm³/mol. The summed E-state index contributed by atoms with van der Waals surface area (Å²) in [5.41, 5.74) is 0.772. The number of furan rings is 1. The first-order chi connectivity index (χ1) is 11.3. The third-order valence-electron chi connectivity index (χ3n) is 4.31. The molecule has 0 unspecified atom stereocenters. The molecular formula is C15H20N4O4S. The number of nitrogens with zero attached hydrogens (tertiary/aromatic N) is 3. The minimum atomic E-state index is -3.80. The van der Waals surface area contributed by atoms with Crippen LogP contribution in [0, 0.1) is 6.92 Å². The Morgan fingerprint density at radius 3 is 2.62 bits per heavy atom. The number of nitrogens with one attached hydrogen (secondary N) is 1. The van der Waals surface area contributed by atoms with Gasteiger partial charge in [-0.1, -0.05) is 0 Å². The second-order valence-corrected chi connectivity index (χ2v) is 7.61. The zero-order valence-corrected chi connectivity index (χ0v) is 14.6. The maximum absolute atomic E-state index is 12.6. The van der Waals surface area contributed by atoms with Crippen LogP contribution in [0.1, 0.15) is 30.3 Å². The molecule has 2 atom stereocenters. The number of carbonyl (C=O) groups excluding carboxylic acids is 1. The Bertz CT molecular complexity index is 854. The molecule has 130 valence electrons. The average molecular weight is 352 g/mol. The number of hydrogen-bond donors (Lipinski definition) is 1. The Morgan fingerprint density at radius 2 is 2.04 bits per heavy atom. The van der Waals surface area contributed by atoms with E-state index >= 15 is 0 Å². The van der Waals surface area contributed by atoms with Gasteiger partial charge in [0.2, 0.25) is 11.0 Å². The van der Waals surface area contributed by atoms with Crippen molar-refractivity contribution in [3.8, 4) is 0 Å². The SMILES string of the molecule is Cc1ccc(S(=O)(=O)N[C@@H]2CCC(=O)N(C)[C@H]2c2ccnn2C)o1. The highest BCUT2D eigenvalue weighted by Gasteiger charge is 2.39. The minimum Gasteiger partial charge on any atom is -0.449 e. The fraction of sp³-hybridized carbons (Fsp3) is 0.467. The Balaban J connectivity index is 1.93. The van der Waals surface area contributed by atoms with Crippen LogP contribution in [0.2, 0.25) is 0 Å². The van der Waals surface area contributed by atoms with E-state index in [0.717, 1.165) is 5.69 Å². The standard InChI is InChI=1S/C15H20N4O4S/c1-10-4-7-14(23-10)24(21,22)17-11-5-6-13(20)18(2)15(11)12-8-9-16-19(12)3/h4,7-9,11,15,17H,5-6H2,1-3H3/t11-,15-/m1/s1. The molecule has 1 aliphatic rings. The number of likely N-dealkylation sites (N-methyl/N-ethyl adjacent to an activating group) is 1. The molecule has 24 heavy (non-hydrogen) atoms. The zero-order chi connectivity index (χ0) is 17.5. The number of sulfonamides is 1. The van der Waals surface area contributed by atoms with E-state index in [9.17, 15) is 13.2 Å². The topological polar surface area (TPSA) is 97.4 Å². The van der Waals surface area contributed by atoms with E-state index in [1.165, 1.54) is 6.07 Å². The van der Waals surface area contributed by atoms with Gasteiger partial charge in [0.15, 0.2) is 0 Å². The predicted octanol–water partition coefficient (Wildman–Crippen LogP) is 0.962. The molecule has 1 saturated heterocycles. The van der Waals surface area contributed by atoms with Crippen molar-refractivity contribution in [1.29, 1.82) is 0 Å². The molecule has 3 heterocycles. The fourth-order valence-corrected chi connectivity index (χ4v) is 4.30. The van der Waals surface area contributed by atoms with Crippen LogP contribution < -0.4 is 4.72 Å². The lowest BCUT2D eigenvalue weighted by molar-refractivity contribution is -0.135. The molecule has 0 aliphatic carbocycles. The Kier molecular flexibility index (Phi) is 4.22. The molecule has 1 N–H and O–H groups in total. The highest BCUT2D eigenvalue weighted by atomic mass is 32.2. The molecule has 0 aromatic carbocycles. The van der Waals surface area contributed by atoms with Crippen LogP contribution in [0.4, 0.5) is 0 Å². The minimum absolute atomic E-state index is 0.0227. The van der Waals surface area contributed by atoms with Crippen LogP contribution in [-0.2, 0) is 21.9 Å². The van der Waals surface area contributed by atoms with Crippen molar-refractivity contribution >= 4 is 15.9 Å². The van der Waals surface area contributed by atoms with Gasteiger partial charge in [0.05, 0.1) is 11.7 Å². The molecule has 2 aromatic heterocycles. The number of rotatable bonds is 4. The van der Waals surface area contributed by atoms with Gasteiger partial charge in [-0.05, 0) is 31.5 Å². The highest BCUT2D eigenvalue weighted by molar-refractivity contribution is 7.89. The van der Waals surface area contributed by atoms with E-state index in [1.54, 1.807) is 48.9 Å². The molecule has 2 aromatic rings. The van der Waals surface area contributed by atoms with E-state index < -0.39 is 22.1 Å². The molecule has 3 rings (SSSR count). The summed E-state index contributed by atoms with van der Waals surface area (Å²) in [4.78, 5) is 13.7. The summed E-state index contributed by atoms with van der Waals surface area (Å²) in [6, 6.07) is 3.93. The molecule has 1 amide bonds. The lowest BCUT2D eigenvalue weighted by atomic mass is 9.94. The van der Waals surface area contributed by atoms with Crippen LogP contribution >= 0.6 is 0 Å². The Morgan fingerprint density at radius 1 is 1.29 bits per heavy atom.